The molecule has 0 aliphatic carbocycles. The summed E-state index contributed by atoms with van der Waals surface area (Å²) in [7, 11) is 0. The Hall–Kier alpha value is -11.8. The molecule has 490 valence electrons. The fraction of sp³-hybridized carbons (Fsp3) is 0.182. The number of aromatic nitrogens is 8. The highest BCUT2D eigenvalue weighted by molar-refractivity contribution is 6.11. The van der Waals surface area contributed by atoms with Gasteiger partial charge in [0.05, 0.1) is 66.9 Å². The number of aromatic hydroxyl groups is 4. The predicted octanol–water partition coefficient (Wildman–Crippen LogP) is 22.2. The van der Waals surface area contributed by atoms with Crippen molar-refractivity contribution in [2.45, 2.75) is 105 Å². The second-order valence-electron chi connectivity index (χ2n) is 31.2. The maximum absolute atomic E-state index is 12.7. The van der Waals surface area contributed by atoms with Gasteiger partial charge < -0.3 is 30.4 Å². The maximum atomic E-state index is 12.7. The number of nitrogens with one attached hydrogen (secondary N) is 2. The summed E-state index contributed by atoms with van der Waals surface area (Å²) in [5.41, 5.74) is 16.3. The summed E-state index contributed by atoms with van der Waals surface area (Å²) < 4.78 is 0. The molecule has 15 aromatic rings. The normalized spacial score (nSPS) is 13.1. The first-order valence-electron chi connectivity index (χ1n) is 34.1. The number of benzene rings is 7. The van der Waals surface area contributed by atoms with Crippen molar-refractivity contribution in [1.82, 2.24) is 39.9 Å². The van der Waals surface area contributed by atoms with Gasteiger partial charge in [-0.2, -0.15) is 0 Å². The summed E-state index contributed by atoms with van der Waals surface area (Å²) in [6, 6.07) is 57.0. The highest BCUT2D eigenvalue weighted by Gasteiger charge is 2.26. The van der Waals surface area contributed by atoms with E-state index >= 15 is 0 Å². The second-order valence-corrected chi connectivity index (χ2v) is 31.2. The lowest BCUT2D eigenvalue weighted by molar-refractivity contribution is 0.485. The summed E-state index contributed by atoms with van der Waals surface area (Å²) >= 11 is 0. The number of H-pyrrole nitrogens is 2. The molecular weight excluding hydrogens is 1230 g/mol. The van der Waals surface area contributed by atoms with Crippen molar-refractivity contribution in [2.24, 2.45) is 0 Å². The molecular formula is C88H74N8O4. The molecule has 17 rings (SSSR count). The molecule has 0 fully saturated rings. The van der Waals surface area contributed by atoms with Crippen LogP contribution in [-0.2, 0) is 21.7 Å². The molecule has 2 aliphatic rings. The predicted molar refractivity (Wildman–Crippen MR) is 415 cm³/mol. The van der Waals surface area contributed by atoms with Crippen LogP contribution in [-0.4, -0.2) is 60.3 Å². The van der Waals surface area contributed by atoms with Crippen LogP contribution in [0.5, 0.6) is 23.0 Å². The van der Waals surface area contributed by atoms with Gasteiger partial charge in [-0.05, 0) is 176 Å². The zero-order valence-corrected chi connectivity index (χ0v) is 57.9. The minimum Gasteiger partial charge on any atom is -0.507 e. The number of hydrogen-bond acceptors (Lipinski definition) is 10. The van der Waals surface area contributed by atoms with Gasteiger partial charge in [0.1, 0.15) is 23.0 Å². The van der Waals surface area contributed by atoms with E-state index in [4.69, 9.17) is 29.9 Å². The number of aromatic amines is 2. The third-order valence-corrected chi connectivity index (χ3v) is 20.3. The number of rotatable bonds is 2. The molecule has 12 nitrogen and oxygen atoms in total. The average Bonchev–Trinajstić information content (AvgIpc) is 0.978. The van der Waals surface area contributed by atoms with Crippen molar-refractivity contribution >= 4 is 155 Å². The van der Waals surface area contributed by atoms with E-state index in [0.717, 1.165) is 77.1 Å². The third kappa shape index (κ3) is 10.2. The maximum Gasteiger partial charge on any atom is 0.134 e. The van der Waals surface area contributed by atoms with Gasteiger partial charge in [-0.15, -0.1) is 0 Å². The molecule has 0 spiro atoms. The molecule has 0 saturated heterocycles. The number of nitrogens with zero attached hydrogens (tertiary/aromatic N) is 6. The first-order chi connectivity index (χ1) is 47.7. The lowest BCUT2D eigenvalue weighted by Gasteiger charge is -2.20. The minimum atomic E-state index is -0.328. The Morgan fingerprint density at radius 2 is 0.490 bits per heavy atom. The number of phenolic OH excluding ortho intramolecular Hbond substituents is 4. The van der Waals surface area contributed by atoms with Crippen molar-refractivity contribution in [3.05, 3.63) is 215 Å². The van der Waals surface area contributed by atoms with E-state index in [0.29, 0.717) is 121 Å². The van der Waals surface area contributed by atoms with Gasteiger partial charge in [0.25, 0.3) is 0 Å². The van der Waals surface area contributed by atoms with E-state index in [9.17, 15) is 20.4 Å². The lowest BCUT2D eigenvalue weighted by atomic mass is 9.85. The van der Waals surface area contributed by atoms with Crippen molar-refractivity contribution < 1.29 is 20.4 Å². The van der Waals surface area contributed by atoms with E-state index in [1.54, 1.807) is 0 Å². The van der Waals surface area contributed by atoms with Crippen LogP contribution in [0.1, 0.15) is 128 Å². The fourth-order valence-corrected chi connectivity index (χ4v) is 14.4. The van der Waals surface area contributed by atoms with E-state index in [2.05, 4.69) is 129 Å². The van der Waals surface area contributed by atoms with Crippen LogP contribution in [0.3, 0.4) is 0 Å². The number of phenols is 4. The third-order valence-electron chi connectivity index (χ3n) is 20.3. The van der Waals surface area contributed by atoms with Crippen LogP contribution in [0.15, 0.2) is 170 Å². The fourth-order valence-electron chi connectivity index (χ4n) is 14.4. The Morgan fingerprint density at radius 3 is 0.780 bits per heavy atom. The zero-order chi connectivity index (χ0) is 69.4. The minimum absolute atomic E-state index is 0.0586. The number of hydrogen-bond donors (Lipinski definition) is 6. The number of fused-ring (bicyclic) bond motifs is 28. The Labute approximate surface area is 577 Å². The van der Waals surface area contributed by atoms with E-state index < -0.39 is 0 Å². The van der Waals surface area contributed by atoms with Gasteiger partial charge in [-0.25, -0.2) is 29.9 Å². The van der Waals surface area contributed by atoms with Crippen LogP contribution in [0.2, 0.25) is 0 Å². The summed E-state index contributed by atoms with van der Waals surface area (Å²) in [5.74, 6) is 0.281. The molecule has 0 saturated carbocycles. The Bertz CT molecular complexity index is 6090. The lowest BCUT2D eigenvalue weighted by Crippen LogP contribution is -2.10. The van der Waals surface area contributed by atoms with Gasteiger partial charge in [0.15, 0.2) is 0 Å². The van der Waals surface area contributed by atoms with Crippen molar-refractivity contribution in [1.29, 1.82) is 0 Å². The van der Waals surface area contributed by atoms with Crippen LogP contribution < -0.4 is 0 Å². The second kappa shape index (κ2) is 21.9. The summed E-state index contributed by atoms with van der Waals surface area (Å²) in [5, 5.41) is 59.2. The first kappa shape index (κ1) is 61.8. The van der Waals surface area contributed by atoms with E-state index in [-0.39, 0.29) is 44.7 Å². The topological polar surface area (TPSA) is 190 Å². The van der Waals surface area contributed by atoms with Crippen LogP contribution >= 0.6 is 0 Å². The molecule has 10 heterocycles. The molecule has 7 aromatic carbocycles. The Morgan fingerprint density at radius 1 is 0.250 bits per heavy atom. The van der Waals surface area contributed by atoms with Crippen molar-refractivity contribution in [2.75, 3.05) is 0 Å². The van der Waals surface area contributed by atoms with Gasteiger partial charge in [0.2, 0.25) is 0 Å². The summed E-state index contributed by atoms with van der Waals surface area (Å²) in [6.07, 6.45) is 7.94. The molecule has 8 aromatic heterocycles. The molecule has 0 atom stereocenters. The first-order valence-corrected chi connectivity index (χ1v) is 34.1. The average molecular weight is 1310 g/mol. The molecule has 24 bridgehead atoms. The molecule has 2 aliphatic heterocycles. The molecule has 0 unspecified atom stereocenters. The summed E-state index contributed by atoms with van der Waals surface area (Å²) in [6.45, 7) is 26.0. The van der Waals surface area contributed by atoms with Crippen molar-refractivity contribution in [3.8, 4) is 45.3 Å². The van der Waals surface area contributed by atoms with E-state index in [1.165, 1.54) is 0 Å². The van der Waals surface area contributed by atoms with E-state index in [1.807, 2.05) is 158 Å². The van der Waals surface area contributed by atoms with Crippen LogP contribution in [0.25, 0.3) is 177 Å². The van der Waals surface area contributed by atoms with Crippen molar-refractivity contribution in [3.63, 3.8) is 0 Å². The van der Waals surface area contributed by atoms with Gasteiger partial charge in [0, 0.05) is 97.8 Å². The van der Waals surface area contributed by atoms with Crippen LogP contribution in [0.4, 0.5) is 0 Å². The molecule has 12 heteroatoms. The van der Waals surface area contributed by atoms with Gasteiger partial charge in [-0.3, -0.25) is 0 Å². The van der Waals surface area contributed by atoms with Gasteiger partial charge in [-0.1, -0.05) is 156 Å². The highest BCUT2D eigenvalue weighted by Crippen LogP contribution is 2.45. The zero-order valence-electron chi connectivity index (χ0n) is 57.9. The molecule has 6 N–H and O–H groups in total. The van der Waals surface area contributed by atoms with Crippen LogP contribution in [0, 0.1) is 0 Å². The Balaban J connectivity index is 0.960. The molecule has 0 radical (unpaired) electrons. The monoisotopic (exact) mass is 1310 g/mol. The smallest absolute Gasteiger partial charge is 0.134 e. The number of pyridine rings is 4. The largest absolute Gasteiger partial charge is 0.507 e. The standard InChI is InChI=1S/C88H74N8O4/c1-85(2,3)51-37-55-63-29-33-71(89-63)75(72-34-30-64(90-72)56-38-52(86(4,5)6)42-60(82(56)98)68-26-22-48-18-17-47-21-25-67(59(41-51)81(55)97)93-77(47)78(48)94-68)45-13-15-46(16-14-45)76-73-35-31-65(91-73)57-39-53(87(7,8)9)43-61(83(57)99)69-27-23-49-19-20-50-24-28-70(96-80(50)79(49)95-69)62-44-54(88(10,11)12)40-58(84(62)100)66-32-36-74(76)92-66/h13-44,89,91,97-100H,1-12H3. The van der Waals surface area contributed by atoms with Gasteiger partial charge >= 0.3 is 0 Å². The SMILES string of the molecule is CC(C)(C)c1cc2c3nc(c(-c4ccc(-c5c6nc(c7cc(C(C)(C)C)cc(c7O)c7ccc8ccc9ccc(nc9c8n7)c7cc(C(C)(C)C)cc(c7O)c7ccc5[nH]7)C=C6)cc4)c4ccc([nH]4)c4cc(C(C)(C)C)cc(c4O)c4ccc5ccc6ccc(nc6c5n4)c(c1)c2O)C=C3. The summed E-state index contributed by atoms with van der Waals surface area (Å²) in [4.78, 5) is 39.9. The Kier molecular flexibility index (Phi) is 13.5. The highest BCUT2D eigenvalue weighted by atomic mass is 16.3. The quantitative estimate of drug-likeness (QED) is 0.0909. The molecule has 100 heavy (non-hydrogen) atoms. The molecule has 0 amide bonds.